The Hall–Kier alpha value is -2.16. The number of carbonyl (C=O) groups excluding carboxylic acids is 2. The van der Waals surface area contributed by atoms with Gasteiger partial charge in [-0.05, 0) is 45.0 Å². The third kappa shape index (κ3) is 5.80. The molecular weight excluding hydrogens is 316 g/mol. The molecule has 0 aliphatic carbocycles. The van der Waals surface area contributed by atoms with E-state index < -0.39 is 43.0 Å². The fourth-order valence-corrected chi connectivity index (χ4v) is 1.71. The van der Waals surface area contributed by atoms with Crippen LogP contribution in [0.1, 0.15) is 31.1 Å². The second kappa shape index (κ2) is 8.09. The molecule has 0 aromatic heterocycles. The van der Waals surface area contributed by atoms with E-state index in [1.54, 1.807) is 20.8 Å². The van der Waals surface area contributed by atoms with Crippen LogP contribution in [0.25, 0.3) is 0 Å². The molecule has 0 aliphatic heterocycles. The molecule has 8 nitrogen and oxygen atoms in total. The number of carbonyl (C=O) groups is 2. The summed E-state index contributed by atoms with van der Waals surface area (Å²) < 4.78 is 5.12. The molecule has 1 rings (SSSR count). The zero-order valence-electron chi connectivity index (χ0n) is 14.0. The Morgan fingerprint density at radius 1 is 1.00 bits per heavy atom. The number of nitrogens with one attached hydrogen (secondary N) is 2. The summed E-state index contributed by atoms with van der Waals surface area (Å²) >= 11 is 0. The highest BCUT2D eigenvalue weighted by Gasteiger charge is 2.30. The predicted molar refractivity (Wildman–Crippen MR) is 87.8 cm³/mol. The number of rotatable bonds is 6. The van der Waals surface area contributed by atoms with Crippen LogP contribution >= 0.6 is 0 Å². The average molecular weight is 340 g/mol. The normalized spacial score (nSPS) is 11.8. The van der Waals surface area contributed by atoms with Gasteiger partial charge in [-0.3, -0.25) is 10.1 Å². The van der Waals surface area contributed by atoms with Crippen molar-refractivity contribution in [3.63, 3.8) is 0 Å². The molecule has 2 amide bonds. The van der Waals surface area contributed by atoms with E-state index in [9.17, 15) is 24.9 Å². The van der Waals surface area contributed by atoms with Crippen molar-refractivity contribution in [3.8, 4) is 0 Å². The molecule has 0 bridgehead atoms. The molecule has 0 atom stereocenters. The van der Waals surface area contributed by atoms with E-state index in [2.05, 4.69) is 10.6 Å². The van der Waals surface area contributed by atoms with Crippen LogP contribution in [-0.2, 0) is 4.74 Å². The number of ether oxygens (including phenoxy) is 1. The van der Waals surface area contributed by atoms with Gasteiger partial charge >= 0.3 is 6.09 Å². The van der Waals surface area contributed by atoms with Gasteiger partial charge in [0, 0.05) is 11.3 Å². The maximum atomic E-state index is 12.1. The number of anilines is 1. The molecule has 0 aliphatic rings. The van der Waals surface area contributed by atoms with Crippen LogP contribution in [0.15, 0.2) is 24.3 Å². The Kier molecular flexibility index (Phi) is 6.70. The van der Waals surface area contributed by atoms with Crippen molar-refractivity contribution in [1.82, 2.24) is 5.32 Å². The molecule has 1 aromatic carbocycles. The maximum absolute atomic E-state index is 12.1. The van der Waals surface area contributed by atoms with Crippen LogP contribution in [-0.4, -0.2) is 58.3 Å². The summed E-state index contributed by atoms with van der Waals surface area (Å²) in [5, 5.41) is 32.6. The molecule has 0 unspecified atom stereocenters. The highest BCUT2D eigenvalue weighted by molar-refractivity contribution is 5.95. The Balaban J connectivity index is 2.73. The zero-order valence-corrected chi connectivity index (χ0v) is 14.0. The molecule has 0 saturated carbocycles. The number of aliphatic hydroxyl groups is 3. The number of hydrogen-bond donors (Lipinski definition) is 5. The van der Waals surface area contributed by atoms with Gasteiger partial charge in [-0.15, -0.1) is 0 Å². The molecule has 24 heavy (non-hydrogen) atoms. The van der Waals surface area contributed by atoms with Crippen molar-refractivity contribution in [2.24, 2.45) is 0 Å². The molecular formula is C16H24N2O6. The van der Waals surface area contributed by atoms with Crippen molar-refractivity contribution >= 4 is 17.7 Å². The van der Waals surface area contributed by atoms with Crippen molar-refractivity contribution in [2.45, 2.75) is 31.9 Å². The lowest BCUT2D eigenvalue weighted by Crippen LogP contribution is -2.57. The summed E-state index contributed by atoms with van der Waals surface area (Å²) in [6.07, 6.45) is -0.612. The van der Waals surface area contributed by atoms with Gasteiger partial charge in [0.2, 0.25) is 0 Å². The second-order valence-corrected chi connectivity index (χ2v) is 6.41. The lowest BCUT2D eigenvalue weighted by atomic mass is 10.0. The largest absolute Gasteiger partial charge is 0.444 e. The Morgan fingerprint density at radius 3 is 1.92 bits per heavy atom. The van der Waals surface area contributed by atoms with Crippen LogP contribution in [0, 0.1) is 0 Å². The first kappa shape index (κ1) is 19.9. The Bertz CT molecular complexity index is 553. The molecule has 134 valence electrons. The molecule has 0 fully saturated rings. The summed E-state index contributed by atoms with van der Waals surface area (Å²) in [7, 11) is 0. The number of benzene rings is 1. The molecule has 8 heteroatoms. The minimum Gasteiger partial charge on any atom is -0.444 e. The third-order valence-corrected chi connectivity index (χ3v) is 3.08. The summed E-state index contributed by atoms with van der Waals surface area (Å²) in [6, 6.07) is 5.94. The molecule has 0 spiro atoms. The van der Waals surface area contributed by atoms with E-state index in [1.807, 2.05) is 0 Å². The lowest BCUT2D eigenvalue weighted by molar-refractivity contribution is 0.0375. The number of amides is 2. The summed E-state index contributed by atoms with van der Waals surface area (Å²) in [5.41, 5.74) is -1.43. The first-order chi connectivity index (χ1) is 11.1. The maximum Gasteiger partial charge on any atom is 0.412 e. The smallest absolute Gasteiger partial charge is 0.412 e. The van der Waals surface area contributed by atoms with Crippen LogP contribution in [0.4, 0.5) is 10.5 Å². The first-order valence-corrected chi connectivity index (χ1v) is 7.40. The van der Waals surface area contributed by atoms with Gasteiger partial charge in [0.25, 0.3) is 5.91 Å². The lowest BCUT2D eigenvalue weighted by Gasteiger charge is -2.28. The van der Waals surface area contributed by atoms with E-state index in [0.29, 0.717) is 5.69 Å². The fraction of sp³-hybridized carbons (Fsp3) is 0.500. The monoisotopic (exact) mass is 340 g/mol. The van der Waals surface area contributed by atoms with Crippen molar-refractivity contribution in [3.05, 3.63) is 29.8 Å². The highest BCUT2D eigenvalue weighted by atomic mass is 16.6. The van der Waals surface area contributed by atoms with Crippen molar-refractivity contribution in [1.29, 1.82) is 0 Å². The quantitative estimate of drug-likeness (QED) is 0.512. The molecule has 5 N–H and O–H groups in total. The summed E-state index contributed by atoms with van der Waals surface area (Å²) in [4.78, 5) is 23.8. The van der Waals surface area contributed by atoms with Gasteiger partial charge in [-0.2, -0.15) is 0 Å². The zero-order chi connectivity index (χ0) is 18.4. The Morgan fingerprint density at radius 2 is 1.50 bits per heavy atom. The van der Waals surface area contributed by atoms with E-state index >= 15 is 0 Å². The highest BCUT2D eigenvalue weighted by Crippen LogP contribution is 2.14. The standard InChI is InChI=1S/C16H24N2O6/c1-15(2,3)24-14(23)17-12-6-4-11(5-7-12)13(22)18-16(8-19,9-20)10-21/h4-7,19-21H,8-10H2,1-3H3,(H,17,23)(H,18,22). The summed E-state index contributed by atoms with van der Waals surface area (Å²) in [6.45, 7) is 3.42. The van der Waals surface area contributed by atoms with E-state index in [4.69, 9.17) is 4.74 Å². The fourth-order valence-electron chi connectivity index (χ4n) is 1.71. The van der Waals surface area contributed by atoms with Gasteiger partial charge in [-0.1, -0.05) is 0 Å². The minimum absolute atomic E-state index is 0.240. The molecule has 0 heterocycles. The predicted octanol–water partition coefficient (Wildman–Crippen LogP) is 0.479. The molecule has 0 saturated heterocycles. The van der Waals surface area contributed by atoms with E-state index in [-0.39, 0.29) is 5.56 Å². The van der Waals surface area contributed by atoms with Crippen LogP contribution < -0.4 is 10.6 Å². The second-order valence-electron chi connectivity index (χ2n) is 6.41. The van der Waals surface area contributed by atoms with Crippen LogP contribution in [0.5, 0.6) is 0 Å². The summed E-state index contributed by atoms with van der Waals surface area (Å²) in [5.74, 6) is -0.573. The first-order valence-electron chi connectivity index (χ1n) is 7.40. The minimum atomic E-state index is -1.50. The SMILES string of the molecule is CC(C)(C)OC(=O)Nc1ccc(C(=O)NC(CO)(CO)CO)cc1. The average Bonchev–Trinajstić information content (AvgIpc) is 2.51. The van der Waals surface area contributed by atoms with E-state index in [0.717, 1.165) is 0 Å². The topological polar surface area (TPSA) is 128 Å². The van der Waals surface area contributed by atoms with Crippen LogP contribution in [0.3, 0.4) is 0 Å². The number of aliphatic hydroxyl groups excluding tert-OH is 3. The van der Waals surface area contributed by atoms with Gasteiger partial charge < -0.3 is 25.4 Å². The molecule has 1 aromatic rings. The third-order valence-electron chi connectivity index (χ3n) is 3.08. The van der Waals surface area contributed by atoms with E-state index in [1.165, 1.54) is 24.3 Å². The number of hydrogen-bond acceptors (Lipinski definition) is 6. The molecule has 0 radical (unpaired) electrons. The van der Waals surface area contributed by atoms with Gasteiger partial charge in [0.15, 0.2) is 0 Å². The van der Waals surface area contributed by atoms with Gasteiger partial charge in [-0.25, -0.2) is 4.79 Å². The van der Waals surface area contributed by atoms with Crippen LogP contribution in [0.2, 0.25) is 0 Å². The van der Waals surface area contributed by atoms with Gasteiger partial charge in [0.1, 0.15) is 11.1 Å². The van der Waals surface area contributed by atoms with Crippen molar-refractivity contribution in [2.75, 3.05) is 25.1 Å². The van der Waals surface area contributed by atoms with Crippen molar-refractivity contribution < 1.29 is 29.6 Å². The Labute approximate surface area is 140 Å². The van der Waals surface area contributed by atoms with Gasteiger partial charge in [0.05, 0.1) is 19.8 Å².